The van der Waals surface area contributed by atoms with Crippen molar-refractivity contribution >= 4 is 5.97 Å². The maximum atomic E-state index is 11.6. The Balaban J connectivity index is 2.25. The first-order valence-corrected chi connectivity index (χ1v) is 5.87. The first-order chi connectivity index (χ1) is 7.88. The molecule has 1 rings (SSSR count). The molecule has 0 aliphatic heterocycles. The van der Waals surface area contributed by atoms with Crippen molar-refractivity contribution in [2.45, 2.75) is 45.8 Å². The van der Waals surface area contributed by atoms with Gasteiger partial charge in [-0.05, 0) is 39.8 Å². The Morgan fingerprint density at radius 1 is 1.53 bits per heavy atom. The average molecular weight is 239 g/mol. The lowest BCUT2D eigenvalue weighted by molar-refractivity contribution is -0.156. The van der Waals surface area contributed by atoms with Crippen LogP contribution in [0.25, 0.3) is 0 Å². The van der Waals surface area contributed by atoms with Gasteiger partial charge in [0.15, 0.2) is 0 Å². The zero-order valence-corrected chi connectivity index (χ0v) is 10.9. The lowest BCUT2D eigenvalue weighted by Crippen LogP contribution is -2.40. The van der Waals surface area contributed by atoms with E-state index >= 15 is 0 Å². The summed E-state index contributed by atoms with van der Waals surface area (Å²) < 4.78 is 10.5. The molecule has 0 radical (unpaired) electrons. The molecule has 0 saturated heterocycles. The molecule has 0 saturated carbocycles. The van der Waals surface area contributed by atoms with Gasteiger partial charge in [0.25, 0.3) is 0 Å². The second-order valence-corrected chi connectivity index (χ2v) is 5.04. The minimum Gasteiger partial charge on any atom is -0.469 e. The zero-order valence-electron chi connectivity index (χ0n) is 10.9. The lowest BCUT2D eigenvalue weighted by Gasteiger charge is -2.22. The van der Waals surface area contributed by atoms with E-state index in [1.807, 2.05) is 32.9 Å². The summed E-state index contributed by atoms with van der Waals surface area (Å²) in [6.07, 6.45) is 2.41. The summed E-state index contributed by atoms with van der Waals surface area (Å²) in [5.74, 6) is 0.686. The van der Waals surface area contributed by atoms with Crippen LogP contribution in [-0.4, -0.2) is 24.2 Å². The van der Waals surface area contributed by atoms with E-state index in [1.165, 1.54) is 0 Å². The van der Waals surface area contributed by atoms with E-state index in [1.54, 1.807) is 13.2 Å². The molecule has 0 aliphatic rings. The van der Waals surface area contributed by atoms with E-state index in [0.717, 1.165) is 12.2 Å². The minimum atomic E-state index is -0.436. The molecule has 1 aromatic heterocycles. The van der Waals surface area contributed by atoms with Crippen molar-refractivity contribution in [3.63, 3.8) is 0 Å². The highest BCUT2D eigenvalue weighted by Crippen LogP contribution is 2.08. The molecule has 0 amide bonds. The molecule has 1 unspecified atom stereocenters. The van der Waals surface area contributed by atoms with Gasteiger partial charge >= 0.3 is 5.97 Å². The van der Waals surface area contributed by atoms with E-state index in [9.17, 15) is 4.79 Å². The van der Waals surface area contributed by atoms with Crippen LogP contribution in [0.1, 0.15) is 33.5 Å². The van der Waals surface area contributed by atoms with Gasteiger partial charge in [-0.3, -0.25) is 4.79 Å². The molecule has 4 nitrogen and oxygen atoms in total. The second kappa shape index (κ2) is 5.87. The summed E-state index contributed by atoms with van der Waals surface area (Å²) in [5.41, 5.74) is -0.436. The topological polar surface area (TPSA) is 51.5 Å². The summed E-state index contributed by atoms with van der Waals surface area (Å²) in [6, 6.07) is 3.47. The van der Waals surface area contributed by atoms with Gasteiger partial charge in [-0.2, -0.15) is 0 Å². The molecule has 17 heavy (non-hydrogen) atoms. The third kappa shape index (κ3) is 5.54. The van der Waals surface area contributed by atoms with Crippen molar-refractivity contribution in [2.75, 3.05) is 6.54 Å². The quantitative estimate of drug-likeness (QED) is 0.800. The highest BCUT2D eigenvalue weighted by Gasteiger charge is 2.20. The van der Waals surface area contributed by atoms with Gasteiger partial charge in [-0.15, -0.1) is 0 Å². The summed E-state index contributed by atoms with van der Waals surface area (Å²) in [6.45, 7) is 8.07. The number of furan rings is 1. The van der Waals surface area contributed by atoms with Crippen LogP contribution in [0.4, 0.5) is 0 Å². The Bertz CT molecular complexity index is 338. The summed E-state index contributed by atoms with van der Waals surface area (Å²) in [7, 11) is 0. The number of nitrogens with one attached hydrogen (secondary N) is 1. The fourth-order valence-electron chi connectivity index (χ4n) is 1.34. The van der Waals surface area contributed by atoms with Crippen molar-refractivity contribution in [2.24, 2.45) is 0 Å². The normalized spacial score (nSPS) is 13.4. The molecule has 4 heteroatoms. The van der Waals surface area contributed by atoms with E-state index in [2.05, 4.69) is 5.32 Å². The fourth-order valence-corrected chi connectivity index (χ4v) is 1.34. The molecular weight excluding hydrogens is 218 g/mol. The molecule has 0 aromatic carbocycles. The van der Waals surface area contributed by atoms with Crippen molar-refractivity contribution in [1.29, 1.82) is 0 Å². The van der Waals surface area contributed by atoms with Crippen LogP contribution in [0, 0.1) is 0 Å². The Kier molecular flexibility index (Phi) is 4.75. The van der Waals surface area contributed by atoms with Crippen LogP contribution in [0.2, 0.25) is 0 Å². The molecule has 0 bridgehead atoms. The Labute approximate surface area is 102 Å². The predicted octanol–water partition coefficient (Wildman–Crippen LogP) is 2.14. The van der Waals surface area contributed by atoms with Crippen LogP contribution in [0.5, 0.6) is 0 Å². The van der Waals surface area contributed by atoms with Crippen molar-refractivity contribution in [3.8, 4) is 0 Å². The maximum absolute atomic E-state index is 11.6. The van der Waals surface area contributed by atoms with Crippen LogP contribution in [0.15, 0.2) is 22.8 Å². The highest BCUT2D eigenvalue weighted by molar-refractivity contribution is 5.75. The third-order valence-electron chi connectivity index (χ3n) is 2.16. The number of ether oxygens (including phenoxy) is 1. The van der Waals surface area contributed by atoms with Gasteiger partial charge in [0.1, 0.15) is 17.4 Å². The molecular formula is C13H21NO3. The fraction of sp³-hybridized carbons (Fsp3) is 0.615. The second-order valence-electron chi connectivity index (χ2n) is 5.04. The number of carbonyl (C=O) groups excluding carboxylic acids is 1. The van der Waals surface area contributed by atoms with Crippen LogP contribution in [-0.2, 0) is 16.0 Å². The number of esters is 1. The summed E-state index contributed by atoms with van der Waals surface area (Å²) in [4.78, 5) is 11.6. The van der Waals surface area contributed by atoms with Gasteiger partial charge in [0.05, 0.1) is 6.26 Å². The van der Waals surface area contributed by atoms with E-state index in [4.69, 9.17) is 9.15 Å². The Morgan fingerprint density at radius 3 is 2.76 bits per heavy atom. The third-order valence-corrected chi connectivity index (χ3v) is 2.16. The van der Waals surface area contributed by atoms with Gasteiger partial charge in [-0.1, -0.05) is 0 Å². The molecule has 1 atom stereocenters. The average Bonchev–Trinajstić information content (AvgIpc) is 2.67. The predicted molar refractivity (Wildman–Crippen MR) is 65.7 cm³/mol. The number of carbonyl (C=O) groups is 1. The van der Waals surface area contributed by atoms with Gasteiger partial charge in [-0.25, -0.2) is 0 Å². The van der Waals surface area contributed by atoms with Crippen molar-refractivity contribution in [1.82, 2.24) is 5.32 Å². The van der Waals surface area contributed by atoms with Crippen molar-refractivity contribution in [3.05, 3.63) is 24.2 Å². The molecule has 0 spiro atoms. The standard InChI is InChI=1S/C13H21NO3/c1-10(12(15)17-13(2,3)4)14-8-7-11-6-5-9-16-11/h5-6,9-10,14H,7-8H2,1-4H3. The molecule has 1 heterocycles. The smallest absolute Gasteiger partial charge is 0.323 e. The van der Waals surface area contributed by atoms with Gasteiger partial charge in [0.2, 0.25) is 0 Å². The van der Waals surface area contributed by atoms with Gasteiger partial charge < -0.3 is 14.5 Å². The first kappa shape index (κ1) is 13.8. The van der Waals surface area contributed by atoms with Crippen LogP contribution >= 0.6 is 0 Å². The molecule has 96 valence electrons. The van der Waals surface area contributed by atoms with Crippen LogP contribution in [0.3, 0.4) is 0 Å². The Morgan fingerprint density at radius 2 is 2.24 bits per heavy atom. The Hall–Kier alpha value is -1.29. The first-order valence-electron chi connectivity index (χ1n) is 5.87. The molecule has 1 aromatic rings. The summed E-state index contributed by atoms with van der Waals surface area (Å²) >= 11 is 0. The number of hydrogen-bond acceptors (Lipinski definition) is 4. The molecule has 0 fully saturated rings. The van der Waals surface area contributed by atoms with E-state index in [-0.39, 0.29) is 12.0 Å². The molecule has 1 N–H and O–H groups in total. The van der Waals surface area contributed by atoms with E-state index in [0.29, 0.717) is 6.54 Å². The van der Waals surface area contributed by atoms with Crippen molar-refractivity contribution < 1.29 is 13.9 Å². The largest absolute Gasteiger partial charge is 0.469 e. The lowest BCUT2D eigenvalue weighted by atomic mass is 10.2. The summed E-state index contributed by atoms with van der Waals surface area (Å²) in [5, 5.41) is 3.11. The van der Waals surface area contributed by atoms with E-state index < -0.39 is 5.60 Å². The minimum absolute atomic E-state index is 0.225. The van der Waals surface area contributed by atoms with Crippen LogP contribution < -0.4 is 5.32 Å². The highest BCUT2D eigenvalue weighted by atomic mass is 16.6. The number of rotatable bonds is 5. The zero-order chi connectivity index (χ0) is 12.9. The maximum Gasteiger partial charge on any atom is 0.323 e. The SMILES string of the molecule is CC(NCCc1ccco1)C(=O)OC(C)(C)C. The number of hydrogen-bond donors (Lipinski definition) is 1. The monoisotopic (exact) mass is 239 g/mol. The van der Waals surface area contributed by atoms with Gasteiger partial charge in [0, 0.05) is 13.0 Å². The molecule has 0 aliphatic carbocycles.